The molecule has 106 valence electrons. The summed E-state index contributed by atoms with van der Waals surface area (Å²) in [5.41, 5.74) is 1.46. The van der Waals surface area contributed by atoms with Crippen molar-refractivity contribution in [1.82, 2.24) is 0 Å². The number of aryl methyl sites for hydroxylation is 1. The van der Waals surface area contributed by atoms with Gasteiger partial charge in [-0.3, -0.25) is 0 Å². The average Bonchev–Trinajstić information content (AvgIpc) is 2.42. The summed E-state index contributed by atoms with van der Waals surface area (Å²) >= 11 is 6.03. The summed E-state index contributed by atoms with van der Waals surface area (Å²) in [6.45, 7) is 3.57. The zero-order valence-electron chi connectivity index (χ0n) is 11.4. The summed E-state index contributed by atoms with van der Waals surface area (Å²) < 4.78 is 19.4. The molecule has 2 aromatic rings. The Kier molecular flexibility index (Phi) is 4.63. The molecule has 1 atom stereocenters. The van der Waals surface area contributed by atoms with Crippen molar-refractivity contribution in [3.05, 3.63) is 58.4 Å². The standard InChI is InChI=1S/C16H16ClFO2/c1-3-11-8-13(5-6-14(11)17)20-16-7-4-12(10(2)19)9-15(16)18/h4-10,19H,3H2,1-2H3/t10-/m0/s1. The Morgan fingerprint density at radius 3 is 2.60 bits per heavy atom. The van der Waals surface area contributed by atoms with Gasteiger partial charge in [0.2, 0.25) is 0 Å². The monoisotopic (exact) mass is 294 g/mol. The van der Waals surface area contributed by atoms with E-state index in [2.05, 4.69) is 0 Å². The van der Waals surface area contributed by atoms with E-state index in [0.717, 1.165) is 12.0 Å². The Morgan fingerprint density at radius 1 is 1.25 bits per heavy atom. The Hall–Kier alpha value is -1.58. The molecule has 20 heavy (non-hydrogen) atoms. The van der Waals surface area contributed by atoms with Gasteiger partial charge in [-0.25, -0.2) is 4.39 Å². The van der Waals surface area contributed by atoms with E-state index in [1.165, 1.54) is 12.1 Å². The van der Waals surface area contributed by atoms with Crippen LogP contribution in [0.2, 0.25) is 5.02 Å². The lowest BCUT2D eigenvalue weighted by atomic mass is 10.1. The van der Waals surface area contributed by atoms with Crippen LogP contribution in [-0.2, 0) is 6.42 Å². The van der Waals surface area contributed by atoms with Crippen LogP contribution in [0.15, 0.2) is 36.4 Å². The first-order valence-corrected chi connectivity index (χ1v) is 6.83. The van der Waals surface area contributed by atoms with Crippen LogP contribution in [0.5, 0.6) is 11.5 Å². The molecule has 2 aromatic carbocycles. The zero-order chi connectivity index (χ0) is 14.7. The van der Waals surface area contributed by atoms with Gasteiger partial charge in [-0.2, -0.15) is 0 Å². The molecule has 0 spiro atoms. The van der Waals surface area contributed by atoms with E-state index >= 15 is 0 Å². The number of aliphatic hydroxyl groups is 1. The number of aliphatic hydroxyl groups excluding tert-OH is 1. The fraction of sp³-hybridized carbons (Fsp3) is 0.250. The molecule has 0 aliphatic carbocycles. The third-order valence-corrected chi connectivity index (χ3v) is 3.43. The van der Waals surface area contributed by atoms with E-state index in [1.807, 2.05) is 6.92 Å². The molecule has 0 radical (unpaired) electrons. The van der Waals surface area contributed by atoms with Gasteiger partial charge in [0.05, 0.1) is 6.10 Å². The Bertz CT molecular complexity index is 611. The molecule has 0 aromatic heterocycles. The molecule has 0 heterocycles. The normalized spacial score (nSPS) is 12.2. The van der Waals surface area contributed by atoms with Crippen LogP contribution in [0.4, 0.5) is 4.39 Å². The van der Waals surface area contributed by atoms with Crippen LogP contribution in [0.3, 0.4) is 0 Å². The molecule has 4 heteroatoms. The number of ether oxygens (including phenoxy) is 1. The lowest BCUT2D eigenvalue weighted by molar-refractivity contribution is 0.198. The Labute approximate surface area is 122 Å². The molecule has 0 fully saturated rings. The highest BCUT2D eigenvalue weighted by atomic mass is 35.5. The number of halogens is 2. The van der Waals surface area contributed by atoms with Gasteiger partial charge in [-0.15, -0.1) is 0 Å². The minimum Gasteiger partial charge on any atom is -0.454 e. The van der Waals surface area contributed by atoms with Gasteiger partial charge in [-0.1, -0.05) is 24.6 Å². The maximum Gasteiger partial charge on any atom is 0.166 e. The molecule has 2 rings (SSSR count). The van der Waals surface area contributed by atoms with Crippen molar-refractivity contribution < 1.29 is 14.2 Å². The smallest absolute Gasteiger partial charge is 0.166 e. The fourth-order valence-electron chi connectivity index (χ4n) is 1.87. The summed E-state index contributed by atoms with van der Waals surface area (Å²) in [6.07, 6.45) is 0.0696. The molecule has 0 amide bonds. The van der Waals surface area contributed by atoms with Crippen LogP contribution in [-0.4, -0.2) is 5.11 Å². The molecule has 0 unspecified atom stereocenters. The average molecular weight is 295 g/mol. The SMILES string of the molecule is CCc1cc(Oc2ccc([C@H](C)O)cc2F)ccc1Cl. The van der Waals surface area contributed by atoms with Crippen molar-refractivity contribution in [2.45, 2.75) is 26.4 Å². The van der Waals surface area contributed by atoms with Gasteiger partial charge in [0.1, 0.15) is 5.75 Å². The van der Waals surface area contributed by atoms with Crippen LogP contribution >= 0.6 is 11.6 Å². The second-order valence-corrected chi connectivity index (χ2v) is 4.98. The van der Waals surface area contributed by atoms with Crippen molar-refractivity contribution in [1.29, 1.82) is 0 Å². The second-order valence-electron chi connectivity index (χ2n) is 4.57. The van der Waals surface area contributed by atoms with E-state index in [0.29, 0.717) is 16.3 Å². The van der Waals surface area contributed by atoms with Crippen LogP contribution in [0.1, 0.15) is 31.1 Å². The highest BCUT2D eigenvalue weighted by Gasteiger charge is 2.09. The molecule has 0 saturated heterocycles. The molecule has 0 aliphatic rings. The predicted molar refractivity (Wildman–Crippen MR) is 77.9 cm³/mol. The first kappa shape index (κ1) is 14.8. The van der Waals surface area contributed by atoms with E-state index in [1.54, 1.807) is 31.2 Å². The second kappa shape index (κ2) is 6.25. The van der Waals surface area contributed by atoms with E-state index in [9.17, 15) is 9.50 Å². The van der Waals surface area contributed by atoms with Crippen LogP contribution < -0.4 is 4.74 Å². The van der Waals surface area contributed by atoms with E-state index in [4.69, 9.17) is 16.3 Å². The number of benzene rings is 2. The summed E-state index contributed by atoms with van der Waals surface area (Å²) in [5, 5.41) is 10.1. The van der Waals surface area contributed by atoms with Crippen molar-refractivity contribution in [3.8, 4) is 11.5 Å². The van der Waals surface area contributed by atoms with Crippen molar-refractivity contribution in [2.24, 2.45) is 0 Å². The maximum absolute atomic E-state index is 13.9. The van der Waals surface area contributed by atoms with Crippen molar-refractivity contribution in [3.63, 3.8) is 0 Å². The highest BCUT2D eigenvalue weighted by molar-refractivity contribution is 6.31. The number of hydrogen-bond donors (Lipinski definition) is 1. The summed E-state index contributed by atoms with van der Waals surface area (Å²) in [4.78, 5) is 0. The highest BCUT2D eigenvalue weighted by Crippen LogP contribution is 2.29. The molecule has 0 saturated carbocycles. The summed E-state index contributed by atoms with van der Waals surface area (Å²) in [7, 11) is 0. The Balaban J connectivity index is 2.26. The zero-order valence-corrected chi connectivity index (χ0v) is 12.1. The van der Waals surface area contributed by atoms with Gasteiger partial charge in [0.15, 0.2) is 11.6 Å². The summed E-state index contributed by atoms with van der Waals surface area (Å²) in [6, 6.07) is 9.65. The van der Waals surface area contributed by atoms with Crippen LogP contribution in [0.25, 0.3) is 0 Å². The fourth-order valence-corrected chi connectivity index (χ4v) is 2.12. The lowest BCUT2D eigenvalue weighted by Crippen LogP contribution is -1.95. The molecule has 0 bridgehead atoms. The maximum atomic E-state index is 13.9. The third kappa shape index (κ3) is 3.30. The minimum absolute atomic E-state index is 0.124. The van der Waals surface area contributed by atoms with Gasteiger partial charge in [0.25, 0.3) is 0 Å². The van der Waals surface area contributed by atoms with E-state index < -0.39 is 11.9 Å². The third-order valence-electron chi connectivity index (χ3n) is 3.06. The molecule has 0 aliphatic heterocycles. The van der Waals surface area contributed by atoms with Crippen molar-refractivity contribution in [2.75, 3.05) is 0 Å². The predicted octanol–water partition coefficient (Wildman–Crippen LogP) is 4.89. The molecular weight excluding hydrogens is 279 g/mol. The first-order chi connectivity index (χ1) is 9.51. The van der Waals surface area contributed by atoms with Gasteiger partial charge in [0, 0.05) is 5.02 Å². The largest absolute Gasteiger partial charge is 0.454 e. The first-order valence-electron chi connectivity index (χ1n) is 6.45. The molecule has 1 N–H and O–H groups in total. The topological polar surface area (TPSA) is 29.5 Å². The lowest BCUT2D eigenvalue weighted by Gasteiger charge is -2.11. The molecular formula is C16H16ClFO2. The van der Waals surface area contributed by atoms with E-state index in [-0.39, 0.29) is 5.75 Å². The number of rotatable bonds is 4. The summed E-state index contributed by atoms with van der Waals surface area (Å²) in [5.74, 6) is 0.158. The minimum atomic E-state index is -0.708. The quantitative estimate of drug-likeness (QED) is 0.870. The van der Waals surface area contributed by atoms with Crippen LogP contribution in [0, 0.1) is 5.82 Å². The van der Waals surface area contributed by atoms with Gasteiger partial charge < -0.3 is 9.84 Å². The number of hydrogen-bond acceptors (Lipinski definition) is 2. The Morgan fingerprint density at radius 2 is 2.00 bits per heavy atom. The van der Waals surface area contributed by atoms with Gasteiger partial charge >= 0.3 is 0 Å². The molecule has 2 nitrogen and oxygen atoms in total. The van der Waals surface area contributed by atoms with Crippen molar-refractivity contribution >= 4 is 11.6 Å². The van der Waals surface area contributed by atoms with Gasteiger partial charge in [-0.05, 0) is 54.8 Å².